The van der Waals surface area contributed by atoms with Gasteiger partial charge in [0.15, 0.2) is 11.5 Å². The number of carbonyl (C=O) groups excluding carboxylic acids is 1. The van der Waals surface area contributed by atoms with Crippen molar-refractivity contribution in [2.24, 2.45) is 5.73 Å². The number of alkyl halides is 3. The third kappa shape index (κ3) is 4.32. The maximum absolute atomic E-state index is 12.3. The zero-order valence-corrected chi connectivity index (χ0v) is 9.81. The Bertz CT molecular complexity index is 463. The van der Waals surface area contributed by atoms with Crippen LogP contribution in [0.3, 0.4) is 0 Å². The van der Waals surface area contributed by atoms with Crippen molar-refractivity contribution in [2.75, 3.05) is 19.6 Å². The maximum Gasteiger partial charge on any atom is 0.406 e. The van der Waals surface area contributed by atoms with Crippen LogP contribution in [0.5, 0.6) is 11.5 Å². The second-order valence-electron chi connectivity index (χ2n) is 3.83. The van der Waals surface area contributed by atoms with E-state index in [4.69, 9.17) is 10.8 Å². The average molecular weight is 278 g/mol. The van der Waals surface area contributed by atoms with Crippen molar-refractivity contribution in [3.05, 3.63) is 23.8 Å². The topological polar surface area (TPSA) is 86.8 Å². The lowest BCUT2D eigenvalue weighted by atomic mass is 10.1. The lowest BCUT2D eigenvalue weighted by Gasteiger charge is -2.23. The minimum absolute atomic E-state index is 0.119. The molecule has 0 aliphatic rings. The van der Waals surface area contributed by atoms with Crippen molar-refractivity contribution >= 4 is 5.91 Å². The second kappa shape index (κ2) is 5.79. The van der Waals surface area contributed by atoms with Crippen molar-refractivity contribution in [1.82, 2.24) is 4.90 Å². The molecule has 4 N–H and O–H groups in total. The van der Waals surface area contributed by atoms with Crippen LogP contribution in [0.2, 0.25) is 0 Å². The fraction of sp³-hybridized carbons (Fsp3) is 0.364. The summed E-state index contributed by atoms with van der Waals surface area (Å²) in [6, 6.07) is 3.05. The van der Waals surface area contributed by atoms with Crippen molar-refractivity contribution in [2.45, 2.75) is 6.18 Å². The van der Waals surface area contributed by atoms with Crippen LogP contribution in [0.25, 0.3) is 0 Å². The predicted molar refractivity (Wildman–Crippen MR) is 60.8 cm³/mol. The summed E-state index contributed by atoms with van der Waals surface area (Å²) in [4.78, 5) is 12.4. The molecule has 1 aromatic carbocycles. The van der Waals surface area contributed by atoms with Crippen LogP contribution >= 0.6 is 0 Å². The van der Waals surface area contributed by atoms with E-state index in [2.05, 4.69) is 0 Å². The molecule has 0 atom stereocenters. The maximum atomic E-state index is 12.3. The van der Waals surface area contributed by atoms with E-state index in [0.717, 1.165) is 18.2 Å². The summed E-state index contributed by atoms with van der Waals surface area (Å²) < 4.78 is 37.0. The molecule has 0 radical (unpaired) electrons. The zero-order chi connectivity index (χ0) is 14.6. The Kier molecular flexibility index (Phi) is 4.60. The number of phenolic OH excluding ortho intramolecular Hbond substituents is 2. The Hall–Kier alpha value is -1.96. The molecule has 0 heterocycles. The van der Waals surface area contributed by atoms with Gasteiger partial charge in [0, 0.05) is 18.7 Å². The smallest absolute Gasteiger partial charge is 0.406 e. The molecule has 0 spiro atoms. The van der Waals surface area contributed by atoms with Gasteiger partial charge in [-0.15, -0.1) is 0 Å². The van der Waals surface area contributed by atoms with E-state index in [-0.39, 0.29) is 18.7 Å². The summed E-state index contributed by atoms with van der Waals surface area (Å²) in [5.74, 6) is -1.96. The number of amides is 1. The molecule has 19 heavy (non-hydrogen) atoms. The lowest BCUT2D eigenvalue weighted by molar-refractivity contribution is -0.140. The number of nitrogens with two attached hydrogens (primary N) is 1. The number of benzene rings is 1. The Morgan fingerprint density at radius 2 is 1.89 bits per heavy atom. The van der Waals surface area contributed by atoms with Crippen LogP contribution in [0.15, 0.2) is 18.2 Å². The van der Waals surface area contributed by atoms with Gasteiger partial charge in [0.2, 0.25) is 0 Å². The molecule has 0 aliphatic carbocycles. The van der Waals surface area contributed by atoms with E-state index in [0.29, 0.717) is 4.90 Å². The fourth-order valence-corrected chi connectivity index (χ4v) is 1.46. The number of rotatable bonds is 4. The molecule has 0 bridgehead atoms. The number of hydrogen-bond acceptors (Lipinski definition) is 4. The Morgan fingerprint density at radius 3 is 2.37 bits per heavy atom. The molecule has 8 heteroatoms. The molecule has 1 amide bonds. The molecule has 0 saturated carbocycles. The van der Waals surface area contributed by atoms with Gasteiger partial charge in [-0.1, -0.05) is 0 Å². The number of aromatic hydroxyl groups is 2. The Morgan fingerprint density at radius 1 is 1.26 bits per heavy atom. The first kappa shape index (κ1) is 15.1. The molecule has 0 aromatic heterocycles. The standard InChI is InChI=1S/C11H13F3N2O3/c12-11(13,14)6-16(4-3-15)10(19)7-1-2-8(17)9(18)5-7/h1-2,5,17-18H,3-4,6,15H2. The van der Waals surface area contributed by atoms with Crippen molar-refractivity contribution in [3.8, 4) is 11.5 Å². The van der Waals surface area contributed by atoms with Crippen molar-refractivity contribution < 1.29 is 28.2 Å². The van der Waals surface area contributed by atoms with Gasteiger partial charge in [-0.05, 0) is 18.2 Å². The molecule has 106 valence electrons. The largest absolute Gasteiger partial charge is 0.504 e. The highest BCUT2D eigenvalue weighted by Gasteiger charge is 2.33. The summed E-state index contributed by atoms with van der Waals surface area (Å²) in [5, 5.41) is 18.3. The highest BCUT2D eigenvalue weighted by Crippen LogP contribution is 2.26. The molecular formula is C11H13F3N2O3. The first-order valence-corrected chi connectivity index (χ1v) is 5.32. The van der Waals surface area contributed by atoms with Crippen LogP contribution in [0.1, 0.15) is 10.4 Å². The van der Waals surface area contributed by atoms with Crippen molar-refractivity contribution in [3.63, 3.8) is 0 Å². The quantitative estimate of drug-likeness (QED) is 0.719. The molecule has 0 aliphatic heterocycles. The zero-order valence-electron chi connectivity index (χ0n) is 9.81. The van der Waals surface area contributed by atoms with E-state index in [9.17, 15) is 23.1 Å². The van der Waals surface area contributed by atoms with Gasteiger partial charge in [-0.3, -0.25) is 4.79 Å². The second-order valence-corrected chi connectivity index (χ2v) is 3.83. The third-order valence-electron chi connectivity index (χ3n) is 2.28. The fourth-order valence-electron chi connectivity index (χ4n) is 1.46. The van der Waals surface area contributed by atoms with Gasteiger partial charge in [0.05, 0.1) is 0 Å². The lowest BCUT2D eigenvalue weighted by Crippen LogP contribution is -2.41. The SMILES string of the molecule is NCCN(CC(F)(F)F)C(=O)c1ccc(O)c(O)c1. The number of phenols is 2. The number of halogens is 3. The number of hydrogen-bond donors (Lipinski definition) is 3. The summed E-state index contributed by atoms with van der Waals surface area (Å²) in [5.41, 5.74) is 5.01. The minimum Gasteiger partial charge on any atom is -0.504 e. The highest BCUT2D eigenvalue weighted by atomic mass is 19.4. The van der Waals surface area contributed by atoms with Crippen LogP contribution < -0.4 is 5.73 Å². The molecule has 5 nitrogen and oxygen atoms in total. The first-order valence-electron chi connectivity index (χ1n) is 5.32. The summed E-state index contributed by atoms with van der Waals surface area (Å²) >= 11 is 0. The van der Waals surface area contributed by atoms with E-state index in [1.807, 2.05) is 0 Å². The third-order valence-corrected chi connectivity index (χ3v) is 2.28. The molecular weight excluding hydrogens is 265 g/mol. The number of nitrogens with zero attached hydrogens (tertiary/aromatic N) is 1. The van der Waals surface area contributed by atoms with Gasteiger partial charge in [-0.25, -0.2) is 0 Å². The van der Waals surface area contributed by atoms with Gasteiger partial charge in [0.1, 0.15) is 6.54 Å². The summed E-state index contributed by atoms with van der Waals surface area (Å²) in [7, 11) is 0. The van der Waals surface area contributed by atoms with Gasteiger partial charge in [0.25, 0.3) is 5.91 Å². The van der Waals surface area contributed by atoms with Crippen LogP contribution in [0.4, 0.5) is 13.2 Å². The van der Waals surface area contributed by atoms with Gasteiger partial charge in [-0.2, -0.15) is 13.2 Å². The Labute approximate surface area is 107 Å². The van der Waals surface area contributed by atoms with Gasteiger partial charge >= 0.3 is 6.18 Å². The normalized spacial score (nSPS) is 11.4. The molecule has 1 aromatic rings. The number of carbonyl (C=O) groups is 1. The van der Waals surface area contributed by atoms with E-state index in [1.54, 1.807) is 0 Å². The van der Waals surface area contributed by atoms with Crippen LogP contribution in [-0.4, -0.2) is 46.8 Å². The van der Waals surface area contributed by atoms with E-state index >= 15 is 0 Å². The minimum atomic E-state index is -4.54. The van der Waals surface area contributed by atoms with Crippen molar-refractivity contribution in [1.29, 1.82) is 0 Å². The van der Waals surface area contributed by atoms with Gasteiger partial charge < -0.3 is 20.8 Å². The molecule has 1 rings (SSSR count). The summed E-state index contributed by atoms with van der Waals surface area (Å²) in [6.07, 6.45) is -4.54. The van der Waals surface area contributed by atoms with Crippen LogP contribution in [0, 0.1) is 0 Å². The van der Waals surface area contributed by atoms with E-state index < -0.39 is 30.1 Å². The summed E-state index contributed by atoms with van der Waals surface area (Å²) in [6.45, 7) is -1.81. The highest BCUT2D eigenvalue weighted by molar-refractivity contribution is 5.95. The first-order chi connectivity index (χ1) is 8.74. The monoisotopic (exact) mass is 278 g/mol. The molecule has 0 unspecified atom stereocenters. The average Bonchev–Trinajstić information content (AvgIpc) is 2.29. The molecule has 0 saturated heterocycles. The Balaban J connectivity index is 2.95. The predicted octanol–water partition coefficient (Wildman–Crippen LogP) is 1.06. The van der Waals surface area contributed by atoms with E-state index in [1.165, 1.54) is 0 Å². The van der Waals surface area contributed by atoms with Crippen LogP contribution in [-0.2, 0) is 0 Å². The molecule has 0 fully saturated rings.